The third kappa shape index (κ3) is 6.91. The number of para-hydroxylation sites is 1. The Morgan fingerprint density at radius 2 is 1.65 bits per heavy atom. The molecule has 2 aromatic rings. The van der Waals surface area contributed by atoms with Gasteiger partial charge in [0.2, 0.25) is 11.8 Å². The molecule has 1 fully saturated rings. The standard InChI is InChI=1S/C23H28N4O4/c1-26(17-22(29)27-11-13-31-14-12-27)16-21(28)25-20-10-6-5-9-19(20)23(30)24-15-18-7-3-2-4-8-18/h2-10H,11-17H2,1H3,(H,24,30)(H,25,28). The molecule has 0 unspecified atom stereocenters. The van der Waals surface area contributed by atoms with Crippen molar-refractivity contribution in [3.63, 3.8) is 0 Å². The van der Waals surface area contributed by atoms with Crippen molar-refractivity contribution >= 4 is 23.4 Å². The molecular formula is C23H28N4O4. The summed E-state index contributed by atoms with van der Waals surface area (Å²) in [7, 11) is 1.72. The summed E-state index contributed by atoms with van der Waals surface area (Å²) >= 11 is 0. The number of ether oxygens (including phenoxy) is 1. The van der Waals surface area contributed by atoms with Gasteiger partial charge in [-0.25, -0.2) is 0 Å². The maximum absolute atomic E-state index is 12.6. The van der Waals surface area contributed by atoms with Crippen molar-refractivity contribution in [2.24, 2.45) is 0 Å². The lowest BCUT2D eigenvalue weighted by Gasteiger charge is -2.28. The summed E-state index contributed by atoms with van der Waals surface area (Å²) in [6.45, 7) is 2.81. The lowest BCUT2D eigenvalue weighted by atomic mass is 10.1. The van der Waals surface area contributed by atoms with Crippen LogP contribution in [0.25, 0.3) is 0 Å². The third-order valence-corrected chi connectivity index (χ3v) is 4.92. The SMILES string of the molecule is CN(CC(=O)Nc1ccccc1C(=O)NCc1ccccc1)CC(=O)N1CCOCC1. The summed E-state index contributed by atoms with van der Waals surface area (Å²) in [5.74, 6) is -0.588. The van der Waals surface area contributed by atoms with E-state index in [4.69, 9.17) is 4.74 Å². The molecule has 3 rings (SSSR count). The maximum atomic E-state index is 12.6. The number of rotatable bonds is 8. The van der Waals surface area contributed by atoms with E-state index in [9.17, 15) is 14.4 Å². The average Bonchev–Trinajstić information content (AvgIpc) is 2.79. The van der Waals surface area contributed by atoms with E-state index in [1.54, 1.807) is 41.1 Å². The van der Waals surface area contributed by atoms with Crippen LogP contribution in [0, 0.1) is 0 Å². The smallest absolute Gasteiger partial charge is 0.253 e. The minimum Gasteiger partial charge on any atom is -0.378 e. The Kier molecular flexibility index (Phi) is 8.14. The molecule has 1 aliphatic heterocycles. The Labute approximate surface area is 182 Å². The topological polar surface area (TPSA) is 91.0 Å². The normalized spacial score (nSPS) is 13.7. The molecule has 31 heavy (non-hydrogen) atoms. The molecule has 0 aromatic heterocycles. The van der Waals surface area contributed by atoms with Crippen molar-refractivity contribution < 1.29 is 19.1 Å². The van der Waals surface area contributed by atoms with Crippen molar-refractivity contribution in [3.8, 4) is 0 Å². The second kappa shape index (κ2) is 11.2. The van der Waals surface area contributed by atoms with Crippen LogP contribution < -0.4 is 10.6 Å². The third-order valence-electron chi connectivity index (χ3n) is 4.92. The first-order chi connectivity index (χ1) is 15.0. The highest BCUT2D eigenvalue weighted by atomic mass is 16.5. The van der Waals surface area contributed by atoms with Crippen molar-refractivity contribution in [1.29, 1.82) is 0 Å². The van der Waals surface area contributed by atoms with E-state index in [1.807, 2.05) is 30.3 Å². The molecule has 8 nitrogen and oxygen atoms in total. The van der Waals surface area contributed by atoms with Crippen LogP contribution in [0.15, 0.2) is 54.6 Å². The van der Waals surface area contributed by atoms with Crippen molar-refractivity contribution in [1.82, 2.24) is 15.1 Å². The summed E-state index contributed by atoms with van der Waals surface area (Å²) < 4.78 is 5.25. The van der Waals surface area contributed by atoms with Gasteiger partial charge in [-0.2, -0.15) is 0 Å². The predicted octanol–water partition coefficient (Wildman–Crippen LogP) is 1.35. The Bertz CT molecular complexity index is 897. The van der Waals surface area contributed by atoms with Crippen LogP contribution in [0.3, 0.4) is 0 Å². The van der Waals surface area contributed by atoms with Gasteiger partial charge in [0, 0.05) is 19.6 Å². The molecule has 1 aliphatic rings. The van der Waals surface area contributed by atoms with Gasteiger partial charge in [0.25, 0.3) is 5.91 Å². The molecule has 1 saturated heterocycles. The number of amides is 3. The Balaban J connectivity index is 1.52. The van der Waals surface area contributed by atoms with Gasteiger partial charge < -0.3 is 20.3 Å². The van der Waals surface area contributed by atoms with E-state index in [-0.39, 0.29) is 30.8 Å². The molecule has 164 valence electrons. The van der Waals surface area contributed by atoms with E-state index < -0.39 is 0 Å². The van der Waals surface area contributed by atoms with Crippen molar-refractivity contribution in [2.45, 2.75) is 6.54 Å². The molecule has 0 aliphatic carbocycles. The van der Waals surface area contributed by atoms with Crippen LogP contribution in [0.2, 0.25) is 0 Å². The Hall–Kier alpha value is -3.23. The number of carbonyl (C=O) groups is 3. The van der Waals surface area contributed by atoms with E-state index in [2.05, 4.69) is 10.6 Å². The summed E-state index contributed by atoms with van der Waals surface area (Å²) in [6, 6.07) is 16.5. The fraction of sp³-hybridized carbons (Fsp3) is 0.348. The van der Waals surface area contributed by atoms with Crippen LogP contribution in [0.4, 0.5) is 5.69 Å². The largest absolute Gasteiger partial charge is 0.378 e. The van der Waals surface area contributed by atoms with Gasteiger partial charge in [0.1, 0.15) is 0 Å². The van der Waals surface area contributed by atoms with E-state index in [1.165, 1.54) is 0 Å². The molecule has 0 radical (unpaired) electrons. The van der Waals surface area contributed by atoms with E-state index in [0.717, 1.165) is 5.56 Å². The van der Waals surface area contributed by atoms with Gasteiger partial charge in [0.05, 0.1) is 37.6 Å². The van der Waals surface area contributed by atoms with E-state index >= 15 is 0 Å². The molecule has 1 heterocycles. The van der Waals surface area contributed by atoms with Gasteiger partial charge in [-0.1, -0.05) is 42.5 Å². The van der Waals surface area contributed by atoms with Gasteiger partial charge in [0.15, 0.2) is 0 Å². The number of benzene rings is 2. The number of nitrogens with zero attached hydrogens (tertiary/aromatic N) is 2. The van der Waals surface area contributed by atoms with Crippen LogP contribution in [-0.4, -0.2) is 74.0 Å². The average molecular weight is 425 g/mol. The van der Waals surface area contributed by atoms with Crippen LogP contribution in [0.5, 0.6) is 0 Å². The summed E-state index contributed by atoms with van der Waals surface area (Å²) in [6.07, 6.45) is 0. The van der Waals surface area contributed by atoms with Crippen LogP contribution >= 0.6 is 0 Å². The summed E-state index contributed by atoms with van der Waals surface area (Å²) in [4.78, 5) is 40.9. The zero-order valence-electron chi connectivity index (χ0n) is 17.7. The summed E-state index contributed by atoms with van der Waals surface area (Å²) in [5, 5.41) is 5.66. The molecule has 2 N–H and O–H groups in total. The molecule has 0 atom stereocenters. The summed E-state index contributed by atoms with van der Waals surface area (Å²) in [5.41, 5.74) is 1.81. The predicted molar refractivity (Wildman–Crippen MR) is 118 cm³/mol. The first kappa shape index (κ1) is 22.5. The fourth-order valence-corrected chi connectivity index (χ4v) is 3.30. The van der Waals surface area contributed by atoms with Gasteiger partial charge in [-0.3, -0.25) is 19.3 Å². The number of nitrogens with one attached hydrogen (secondary N) is 2. The second-order valence-corrected chi connectivity index (χ2v) is 7.43. The number of morpholine rings is 1. The quantitative estimate of drug-likeness (QED) is 0.668. The first-order valence-electron chi connectivity index (χ1n) is 10.3. The minimum absolute atomic E-state index is 0.0284. The van der Waals surface area contributed by atoms with E-state index in [0.29, 0.717) is 44.1 Å². The number of carbonyl (C=O) groups excluding carboxylic acids is 3. The Morgan fingerprint density at radius 1 is 0.968 bits per heavy atom. The minimum atomic E-state index is -0.291. The maximum Gasteiger partial charge on any atom is 0.253 e. The molecule has 0 bridgehead atoms. The molecule has 8 heteroatoms. The highest BCUT2D eigenvalue weighted by Gasteiger charge is 2.20. The molecule has 0 spiro atoms. The van der Waals surface area contributed by atoms with Gasteiger partial charge >= 0.3 is 0 Å². The van der Waals surface area contributed by atoms with Gasteiger partial charge in [-0.05, 0) is 24.7 Å². The number of anilines is 1. The zero-order chi connectivity index (χ0) is 22.1. The zero-order valence-corrected chi connectivity index (χ0v) is 17.7. The lowest BCUT2D eigenvalue weighted by molar-refractivity contribution is -0.136. The lowest BCUT2D eigenvalue weighted by Crippen LogP contribution is -2.46. The highest BCUT2D eigenvalue weighted by Crippen LogP contribution is 2.15. The molecule has 3 amide bonds. The Morgan fingerprint density at radius 3 is 2.39 bits per heavy atom. The number of hydrogen-bond donors (Lipinski definition) is 2. The molecule has 2 aromatic carbocycles. The van der Waals surface area contributed by atoms with Crippen LogP contribution in [-0.2, 0) is 20.9 Å². The van der Waals surface area contributed by atoms with Crippen LogP contribution in [0.1, 0.15) is 15.9 Å². The molecular weight excluding hydrogens is 396 g/mol. The van der Waals surface area contributed by atoms with Crippen molar-refractivity contribution in [3.05, 3.63) is 65.7 Å². The highest BCUT2D eigenvalue weighted by molar-refractivity contribution is 6.04. The number of hydrogen-bond acceptors (Lipinski definition) is 5. The fourth-order valence-electron chi connectivity index (χ4n) is 3.30. The van der Waals surface area contributed by atoms with Crippen molar-refractivity contribution in [2.75, 3.05) is 51.8 Å². The van der Waals surface area contributed by atoms with Gasteiger partial charge in [-0.15, -0.1) is 0 Å². The number of likely N-dealkylation sites (N-methyl/N-ethyl adjacent to an activating group) is 1. The first-order valence-corrected chi connectivity index (χ1v) is 10.3. The second-order valence-electron chi connectivity index (χ2n) is 7.43. The monoisotopic (exact) mass is 424 g/mol. The molecule has 0 saturated carbocycles.